The Kier molecular flexibility index (Phi) is 4.92. The molecule has 114 valence electrons. The van der Waals surface area contributed by atoms with Crippen LogP contribution in [0.1, 0.15) is 44.9 Å². The fourth-order valence-corrected chi connectivity index (χ4v) is 5.08. The second kappa shape index (κ2) is 6.15. The molecule has 0 amide bonds. The lowest BCUT2D eigenvalue weighted by Crippen LogP contribution is -2.47. The largest absolute Gasteiger partial charge is 0.334 e. The molecule has 0 spiro atoms. The van der Waals surface area contributed by atoms with Gasteiger partial charge >= 0.3 is 0 Å². The molecule has 1 N–H and O–H groups in total. The van der Waals surface area contributed by atoms with Gasteiger partial charge in [-0.3, -0.25) is 0 Å². The van der Waals surface area contributed by atoms with Crippen molar-refractivity contribution in [3.63, 3.8) is 0 Å². The third kappa shape index (κ3) is 3.26. The zero-order chi connectivity index (χ0) is 14.8. The van der Waals surface area contributed by atoms with Gasteiger partial charge in [0.2, 0.25) is 0 Å². The van der Waals surface area contributed by atoms with Gasteiger partial charge < -0.3 is 4.57 Å². The summed E-state index contributed by atoms with van der Waals surface area (Å²) in [6.07, 6.45) is 6.49. The normalized spacial score (nSPS) is 18.6. The van der Waals surface area contributed by atoms with E-state index in [9.17, 15) is 8.42 Å². The number of aryl methyl sites for hydroxylation is 2. The monoisotopic (exact) mass is 363 g/mol. The Morgan fingerprint density at radius 2 is 2.10 bits per heavy atom. The summed E-state index contributed by atoms with van der Waals surface area (Å²) in [6, 6.07) is 0. The number of alkyl halides is 1. The second-order valence-corrected chi connectivity index (χ2v) is 7.74. The highest BCUT2D eigenvalue weighted by Crippen LogP contribution is 2.32. The minimum absolute atomic E-state index is 0.135. The van der Waals surface area contributed by atoms with Crippen molar-refractivity contribution in [3.8, 4) is 0 Å². The smallest absolute Gasteiger partial charge is 0.260 e. The van der Waals surface area contributed by atoms with Crippen molar-refractivity contribution < 1.29 is 8.42 Å². The minimum atomic E-state index is -3.55. The minimum Gasteiger partial charge on any atom is -0.334 e. The molecular weight excluding hydrogens is 342 g/mol. The van der Waals surface area contributed by atoms with Crippen LogP contribution in [0.25, 0.3) is 0 Å². The summed E-state index contributed by atoms with van der Waals surface area (Å²) in [4.78, 5) is 4.21. The highest BCUT2D eigenvalue weighted by Gasteiger charge is 2.37. The molecule has 1 aliphatic rings. The summed E-state index contributed by atoms with van der Waals surface area (Å²) >= 11 is 3.45. The third-order valence-corrected chi connectivity index (χ3v) is 6.38. The van der Waals surface area contributed by atoms with Crippen LogP contribution in [0.5, 0.6) is 0 Å². The average Bonchev–Trinajstić information content (AvgIpc) is 2.98. The number of aromatic nitrogens is 2. The van der Waals surface area contributed by atoms with Gasteiger partial charge in [-0.05, 0) is 26.2 Å². The molecule has 1 aliphatic carbocycles. The molecule has 5 nitrogen and oxygen atoms in total. The Hall–Kier alpha value is -0.400. The molecule has 1 aromatic rings. The van der Waals surface area contributed by atoms with E-state index < -0.39 is 10.0 Å². The lowest BCUT2D eigenvalue weighted by atomic mass is 10.0. The van der Waals surface area contributed by atoms with Gasteiger partial charge in [-0.25, -0.2) is 18.1 Å². The van der Waals surface area contributed by atoms with E-state index in [1.54, 1.807) is 6.20 Å². The van der Waals surface area contributed by atoms with E-state index in [-0.39, 0.29) is 10.6 Å². The average molecular weight is 364 g/mol. The Morgan fingerprint density at radius 1 is 1.45 bits per heavy atom. The first-order chi connectivity index (χ1) is 9.42. The molecule has 0 atom stereocenters. The zero-order valence-electron chi connectivity index (χ0n) is 12.0. The summed E-state index contributed by atoms with van der Waals surface area (Å²) in [6.45, 7) is 4.69. The zero-order valence-corrected chi connectivity index (χ0v) is 14.4. The van der Waals surface area contributed by atoms with Crippen molar-refractivity contribution in [2.45, 2.75) is 63.1 Å². The molecule has 0 saturated heterocycles. The summed E-state index contributed by atoms with van der Waals surface area (Å²) in [7, 11) is -3.55. The number of halogens is 1. The van der Waals surface area contributed by atoms with Crippen molar-refractivity contribution in [1.29, 1.82) is 0 Å². The predicted molar refractivity (Wildman–Crippen MR) is 82.6 cm³/mol. The van der Waals surface area contributed by atoms with Crippen LogP contribution < -0.4 is 4.72 Å². The molecule has 1 fully saturated rings. The maximum atomic E-state index is 12.5. The van der Waals surface area contributed by atoms with Crippen LogP contribution in [-0.2, 0) is 16.6 Å². The summed E-state index contributed by atoms with van der Waals surface area (Å²) in [5, 5.41) is 0.782. The molecule has 20 heavy (non-hydrogen) atoms. The van der Waals surface area contributed by atoms with Gasteiger partial charge in [0.15, 0.2) is 5.03 Å². The van der Waals surface area contributed by atoms with E-state index in [4.69, 9.17) is 0 Å². The van der Waals surface area contributed by atoms with E-state index in [1.165, 1.54) is 0 Å². The maximum Gasteiger partial charge on any atom is 0.260 e. The number of rotatable bonds is 6. The fourth-order valence-electron chi connectivity index (χ4n) is 2.73. The van der Waals surface area contributed by atoms with Gasteiger partial charge in [-0.15, -0.1) is 0 Å². The molecule has 0 radical (unpaired) electrons. The standard InChI is InChI=1S/C13H22BrN3O2S/c1-3-8-17-9-12(15-11(17)2)20(18,19)16-13(10-14)6-4-5-7-13/h9,16H,3-8,10H2,1-2H3. The van der Waals surface area contributed by atoms with Gasteiger partial charge in [-0.2, -0.15) is 0 Å². The van der Waals surface area contributed by atoms with Crippen LogP contribution in [0.4, 0.5) is 0 Å². The van der Waals surface area contributed by atoms with E-state index in [0.29, 0.717) is 5.33 Å². The highest BCUT2D eigenvalue weighted by atomic mass is 79.9. The maximum absolute atomic E-state index is 12.5. The SMILES string of the molecule is CCCn1cc(S(=O)(=O)NC2(CBr)CCCC2)nc1C. The van der Waals surface area contributed by atoms with Crippen molar-refractivity contribution in [3.05, 3.63) is 12.0 Å². The van der Waals surface area contributed by atoms with Gasteiger partial charge in [0.25, 0.3) is 10.0 Å². The van der Waals surface area contributed by atoms with Crippen LogP contribution in [0.2, 0.25) is 0 Å². The Labute approximate surface area is 129 Å². The fraction of sp³-hybridized carbons (Fsp3) is 0.769. The van der Waals surface area contributed by atoms with E-state index in [2.05, 4.69) is 32.6 Å². The molecule has 0 unspecified atom stereocenters. The van der Waals surface area contributed by atoms with Crippen LogP contribution >= 0.6 is 15.9 Å². The molecule has 7 heteroatoms. The number of imidazole rings is 1. The van der Waals surface area contributed by atoms with Gasteiger partial charge in [0, 0.05) is 23.6 Å². The van der Waals surface area contributed by atoms with Gasteiger partial charge in [0.05, 0.1) is 0 Å². The van der Waals surface area contributed by atoms with E-state index >= 15 is 0 Å². The van der Waals surface area contributed by atoms with Crippen molar-refractivity contribution >= 4 is 26.0 Å². The van der Waals surface area contributed by atoms with Gasteiger partial charge in [-0.1, -0.05) is 35.7 Å². The first kappa shape index (κ1) is 16.0. The topological polar surface area (TPSA) is 64.0 Å². The van der Waals surface area contributed by atoms with Gasteiger partial charge in [0.1, 0.15) is 5.82 Å². The Morgan fingerprint density at radius 3 is 2.65 bits per heavy atom. The number of sulfonamides is 1. The highest BCUT2D eigenvalue weighted by molar-refractivity contribution is 9.09. The molecular formula is C13H22BrN3O2S. The number of hydrogen-bond acceptors (Lipinski definition) is 3. The summed E-state index contributed by atoms with van der Waals surface area (Å²) in [5.74, 6) is 0.742. The number of hydrogen-bond donors (Lipinski definition) is 1. The Bertz CT molecular complexity index is 562. The molecule has 0 bridgehead atoms. The first-order valence-electron chi connectivity index (χ1n) is 7.06. The Balaban J connectivity index is 2.24. The summed E-state index contributed by atoms with van der Waals surface area (Å²) in [5.41, 5.74) is -0.346. The first-order valence-corrected chi connectivity index (χ1v) is 9.67. The quantitative estimate of drug-likeness (QED) is 0.790. The number of nitrogens with zero attached hydrogens (tertiary/aromatic N) is 2. The predicted octanol–water partition coefficient (Wildman–Crippen LogP) is 2.59. The summed E-state index contributed by atoms with van der Waals surface area (Å²) < 4.78 is 29.8. The molecule has 1 saturated carbocycles. The molecule has 0 aliphatic heterocycles. The van der Waals surface area contributed by atoms with Crippen molar-refractivity contribution in [2.75, 3.05) is 5.33 Å². The molecule has 2 rings (SSSR count). The van der Waals surface area contributed by atoms with Crippen molar-refractivity contribution in [1.82, 2.24) is 14.3 Å². The second-order valence-electron chi connectivity index (χ2n) is 5.55. The lowest BCUT2D eigenvalue weighted by molar-refractivity contribution is 0.437. The van der Waals surface area contributed by atoms with E-state index in [0.717, 1.165) is 44.5 Å². The molecule has 1 heterocycles. The number of nitrogens with one attached hydrogen (secondary N) is 1. The van der Waals surface area contributed by atoms with Crippen LogP contribution in [-0.4, -0.2) is 28.8 Å². The van der Waals surface area contributed by atoms with E-state index in [1.807, 2.05) is 11.5 Å². The molecule has 1 aromatic heterocycles. The van der Waals surface area contributed by atoms with Crippen LogP contribution in [0.15, 0.2) is 11.2 Å². The van der Waals surface area contributed by atoms with Crippen LogP contribution in [0, 0.1) is 6.92 Å². The van der Waals surface area contributed by atoms with Crippen molar-refractivity contribution in [2.24, 2.45) is 0 Å². The third-order valence-electron chi connectivity index (χ3n) is 3.86. The lowest BCUT2D eigenvalue weighted by Gasteiger charge is -2.27. The van der Waals surface area contributed by atoms with Crippen LogP contribution in [0.3, 0.4) is 0 Å². The molecule has 0 aromatic carbocycles.